The zero-order chi connectivity index (χ0) is 40.1. The zero-order valence-corrected chi connectivity index (χ0v) is 32.1. The Hall–Kier alpha value is -8.43. The molecule has 0 fully saturated rings. The zero-order valence-electron chi connectivity index (χ0n) is 32.1. The largest absolute Gasteiger partial charge is 0.256 e. The fraction of sp³-hybridized carbons (Fsp3) is 0. The molecule has 0 atom stereocenters. The van der Waals surface area contributed by atoms with Crippen LogP contribution >= 0.6 is 0 Å². The van der Waals surface area contributed by atoms with E-state index in [2.05, 4.69) is 51.4 Å². The maximum Gasteiger partial charge on any atom is 0.0892 e. The van der Waals surface area contributed by atoms with Crippen molar-refractivity contribution < 1.29 is 0 Å². The summed E-state index contributed by atoms with van der Waals surface area (Å²) in [6, 6.07) is 48.3. The molecule has 10 aromatic rings. The van der Waals surface area contributed by atoms with E-state index in [0.717, 1.165) is 101 Å². The van der Waals surface area contributed by atoms with Crippen LogP contribution in [0.25, 0.3) is 101 Å². The Morgan fingerprint density at radius 2 is 0.450 bits per heavy atom. The van der Waals surface area contributed by atoms with E-state index < -0.39 is 0 Å². The number of benzene rings is 1. The maximum atomic E-state index is 4.92. The van der Waals surface area contributed by atoms with Crippen molar-refractivity contribution in [2.24, 2.45) is 0 Å². The monoisotopic (exact) mass is 771 g/mol. The molecule has 0 unspecified atom stereocenters. The molecule has 0 saturated carbocycles. The first-order valence-electron chi connectivity index (χ1n) is 19.4. The SMILES string of the molecule is c1ccc(-c2cc(-c3cc(-c4cc(-c5ccccn5)ncc4-c4ccccn4)cc(-c4cc(-c5ccccn5)ncc4-c4ccccn4)c3)c(-c3ccccn3)cn2)nc1. The molecule has 9 nitrogen and oxygen atoms in total. The maximum absolute atomic E-state index is 4.92. The minimum atomic E-state index is 0.739. The molecule has 9 heteroatoms. The number of hydrogen-bond acceptors (Lipinski definition) is 9. The fourth-order valence-corrected chi connectivity index (χ4v) is 7.32. The van der Waals surface area contributed by atoms with Gasteiger partial charge < -0.3 is 0 Å². The van der Waals surface area contributed by atoms with Crippen LogP contribution in [0.3, 0.4) is 0 Å². The van der Waals surface area contributed by atoms with Crippen LogP contribution in [0.2, 0.25) is 0 Å². The average Bonchev–Trinajstić information content (AvgIpc) is 3.35. The lowest BCUT2D eigenvalue weighted by Crippen LogP contribution is -1.97. The lowest BCUT2D eigenvalue weighted by atomic mass is 9.88. The highest BCUT2D eigenvalue weighted by molar-refractivity contribution is 5.94. The van der Waals surface area contributed by atoms with E-state index in [1.807, 2.05) is 128 Å². The number of rotatable bonds is 9. The van der Waals surface area contributed by atoms with Gasteiger partial charge in [-0.2, -0.15) is 0 Å². The van der Waals surface area contributed by atoms with E-state index >= 15 is 0 Å². The molecular formula is C51H33N9. The summed E-state index contributed by atoms with van der Waals surface area (Å²) in [5.41, 5.74) is 15.2. The summed E-state index contributed by atoms with van der Waals surface area (Å²) in [5.74, 6) is 0. The lowest BCUT2D eigenvalue weighted by Gasteiger charge is -2.18. The second-order valence-corrected chi connectivity index (χ2v) is 13.9. The first-order valence-corrected chi connectivity index (χ1v) is 19.4. The van der Waals surface area contributed by atoms with Crippen LogP contribution in [-0.4, -0.2) is 44.9 Å². The van der Waals surface area contributed by atoms with Crippen LogP contribution in [0.15, 0.2) is 201 Å². The van der Waals surface area contributed by atoms with Crippen LogP contribution in [0, 0.1) is 0 Å². The topological polar surface area (TPSA) is 116 Å². The highest BCUT2D eigenvalue weighted by Gasteiger charge is 2.20. The molecule has 10 rings (SSSR count). The first kappa shape index (κ1) is 35.9. The van der Waals surface area contributed by atoms with Crippen LogP contribution in [0.5, 0.6) is 0 Å². The van der Waals surface area contributed by atoms with Crippen molar-refractivity contribution >= 4 is 0 Å². The van der Waals surface area contributed by atoms with Gasteiger partial charge in [0.2, 0.25) is 0 Å². The van der Waals surface area contributed by atoms with E-state index in [9.17, 15) is 0 Å². The summed E-state index contributed by atoms with van der Waals surface area (Å²) in [4.78, 5) is 43.1. The van der Waals surface area contributed by atoms with Gasteiger partial charge in [-0.1, -0.05) is 36.4 Å². The molecular weight excluding hydrogens is 739 g/mol. The molecule has 0 spiro atoms. The van der Waals surface area contributed by atoms with Gasteiger partial charge >= 0.3 is 0 Å². The fourth-order valence-electron chi connectivity index (χ4n) is 7.32. The predicted octanol–water partition coefficient (Wildman–Crippen LogP) is 11.2. The van der Waals surface area contributed by atoms with Crippen molar-refractivity contribution in [1.82, 2.24) is 44.9 Å². The van der Waals surface area contributed by atoms with E-state index in [1.54, 1.807) is 37.2 Å². The van der Waals surface area contributed by atoms with E-state index in [4.69, 9.17) is 29.9 Å². The molecule has 0 aliphatic carbocycles. The Morgan fingerprint density at radius 3 is 0.683 bits per heavy atom. The van der Waals surface area contributed by atoms with Gasteiger partial charge in [0.15, 0.2) is 0 Å². The molecule has 0 N–H and O–H groups in total. The predicted molar refractivity (Wildman–Crippen MR) is 236 cm³/mol. The molecule has 0 saturated heterocycles. The van der Waals surface area contributed by atoms with Gasteiger partial charge in [-0.05, 0) is 143 Å². The van der Waals surface area contributed by atoms with Crippen molar-refractivity contribution in [3.05, 3.63) is 201 Å². The molecule has 9 aromatic heterocycles. The summed E-state index contributed by atoms with van der Waals surface area (Å²) in [5, 5.41) is 0. The highest BCUT2D eigenvalue weighted by Crippen LogP contribution is 2.43. The van der Waals surface area contributed by atoms with Crippen LogP contribution < -0.4 is 0 Å². The Balaban J connectivity index is 1.30. The molecule has 0 amide bonds. The lowest BCUT2D eigenvalue weighted by molar-refractivity contribution is 1.23. The molecule has 0 aliphatic heterocycles. The van der Waals surface area contributed by atoms with Crippen LogP contribution in [0.1, 0.15) is 0 Å². The minimum Gasteiger partial charge on any atom is -0.256 e. The van der Waals surface area contributed by atoms with Gasteiger partial charge in [0.1, 0.15) is 0 Å². The Morgan fingerprint density at radius 1 is 0.200 bits per heavy atom. The summed E-state index contributed by atoms with van der Waals surface area (Å²) in [6.07, 6.45) is 16.4. The standard InChI is InChI=1S/C51H33N9/c1-7-19-52-43(13-1)40-31-58-49(46-16-4-10-22-55-46)28-37(40)34-25-35(38-29-50(47-17-5-11-23-56-47)59-32-41(38)44-14-2-8-20-53-44)27-36(26-34)39-30-51(48-18-6-12-24-57-48)60-33-42(39)45-15-3-9-21-54-45/h1-33H. The van der Waals surface area contributed by atoms with E-state index in [0.29, 0.717) is 0 Å². The van der Waals surface area contributed by atoms with Crippen molar-refractivity contribution in [2.45, 2.75) is 0 Å². The first-order chi connectivity index (χ1) is 29.7. The third-order valence-corrected chi connectivity index (χ3v) is 10.2. The molecule has 1 aromatic carbocycles. The van der Waals surface area contributed by atoms with Gasteiger partial charge in [-0.25, -0.2) is 0 Å². The second kappa shape index (κ2) is 16.2. The van der Waals surface area contributed by atoms with Gasteiger partial charge in [-0.15, -0.1) is 0 Å². The Bertz CT molecular complexity index is 2710. The number of aromatic nitrogens is 9. The molecule has 0 aliphatic rings. The van der Waals surface area contributed by atoms with Gasteiger partial charge in [0.05, 0.1) is 51.2 Å². The van der Waals surface area contributed by atoms with Crippen LogP contribution in [0.4, 0.5) is 0 Å². The summed E-state index contributed by atoms with van der Waals surface area (Å²) >= 11 is 0. The average molecular weight is 772 g/mol. The number of pyridine rings is 9. The van der Waals surface area contributed by atoms with E-state index in [-0.39, 0.29) is 0 Å². The normalized spacial score (nSPS) is 11.0. The van der Waals surface area contributed by atoms with Gasteiger partial charge in [0.25, 0.3) is 0 Å². The Labute approximate surface area is 346 Å². The Kier molecular flexibility index (Phi) is 9.71. The molecule has 282 valence electrons. The van der Waals surface area contributed by atoms with Gasteiger partial charge in [-0.3, -0.25) is 44.9 Å². The highest BCUT2D eigenvalue weighted by atomic mass is 14.8. The molecule has 60 heavy (non-hydrogen) atoms. The summed E-state index contributed by atoms with van der Waals surface area (Å²) in [6.45, 7) is 0. The smallest absolute Gasteiger partial charge is 0.0892 e. The third-order valence-electron chi connectivity index (χ3n) is 10.2. The minimum absolute atomic E-state index is 0.739. The van der Waals surface area contributed by atoms with Crippen molar-refractivity contribution in [3.8, 4) is 101 Å². The second-order valence-electron chi connectivity index (χ2n) is 13.9. The summed E-state index contributed by atoms with van der Waals surface area (Å²) in [7, 11) is 0. The van der Waals surface area contributed by atoms with Gasteiger partial charge in [0, 0.05) is 72.5 Å². The molecule has 0 bridgehead atoms. The van der Waals surface area contributed by atoms with Crippen molar-refractivity contribution in [2.75, 3.05) is 0 Å². The van der Waals surface area contributed by atoms with E-state index in [1.165, 1.54) is 0 Å². The molecule has 9 heterocycles. The summed E-state index contributed by atoms with van der Waals surface area (Å²) < 4.78 is 0. The van der Waals surface area contributed by atoms with Crippen LogP contribution in [-0.2, 0) is 0 Å². The number of nitrogens with zero attached hydrogens (tertiary/aromatic N) is 9. The van der Waals surface area contributed by atoms with Crippen molar-refractivity contribution in [3.63, 3.8) is 0 Å². The third kappa shape index (κ3) is 7.30. The van der Waals surface area contributed by atoms with Crippen molar-refractivity contribution in [1.29, 1.82) is 0 Å². The number of hydrogen-bond donors (Lipinski definition) is 0. The quantitative estimate of drug-likeness (QED) is 0.141. The molecule has 0 radical (unpaired) electrons.